The van der Waals surface area contributed by atoms with Crippen LogP contribution in [0.25, 0.3) is 0 Å². The number of benzene rings is 1. The summed E-state index contributed by atoms with van der Waals surface area (Å²) in [6, 6.07) is 2.39. The summed E-state index contributed by atoms with van der Waals surface area (Å²) in [6.07, 6.45) is 0.642. The van der Waals surface area contributed by atoms with Crippen LogP contribution in [0, 0.1) is 26.4 Å². The largest absolute Gasteiger partial charge is 0.379 e. The molecule has 0 spiro atoms. The van der Waals surface area contributed by atoms with E-state index in [0.717, 1.165) is 16.8 Å². The Labute approximate surface area is 132 Å². The molecule has 0 bridgehead atoms. The van der Waals surface area contributed by atoms with Crippen LogP contribution in [0.1, 0.15) is 10.7 Å². The topological polar surface area (TPSA) is 68.1 Å². The summed E-state index contributed by atoms with van der Waals surface area (Å²) in [4.78, 5) is 14.7. The van der Waals surface area contributed by atoms with Crippen LogP contribution in [0.5, 0.6) is 0 Å². The zero-order valence-electron chi connectivity index (χ0n) is 10.5. The van der Waals surface area contributed by atoms with E-state index in [4.69, 9.17) is 0 Å². The van der Waals surface area contributed by atoms with Gasteiger partial charge in [0.25, 0.3) is 5.69 Å². The molecular formula is C12H11FIN3O2S. The van der Waals surface area contributed by atoms with Gasteiger partial charge >= 0.3 is 0 Å². The molecule has 106 valence electrons. The Kier molecular flexibility index (Phi) is 4.86. The quantitative estimate of drug-likeness (QED) is 0.466. The summed E-state index contributed by atoms with van der Waals surface area (Å²) in [6.45, 7) is 2.38. The van der Waals surface area contributed by atoms with E-state index < -0.39 is 10.7 Å². The van der Waals surface area contributed by atoms with Gasteiger partial charge in [-0.15, -0.1) is 11.3 Å². The van der Waals surface area contributed by atoms with E-state index in [2.05, 4.69) is 10.3 Å². The maximum Gasteiger partial charge on any atom is 0.293 e. The molecule has 0 radical (unpaired) electrons. The van der Waals surface area contributed by atoms with Crippen LogP contribution in [0.4, 0.5) is 15.8 Å². The van der Waals surface area contributed by atoms with Gasteiger partial charge in [-0.25, -0.2) is 9.37 Å². The Morgan fingerprint density at radius 1 is 1.55 bits per heavy atom. The number of hydrogen-bond donors (Lipinski definition) is 1. The zero-order valence-corrected chi connectivity index (χ0v) is 13.5. The lowest BCUT2D eigenvalue weighted by molar-refractivity contribution is -0.384. The number of rotatable bonds is 5. The average molecular weight is 407 g/mol. The molecule has 5 nitrogen and oxygen atoms in total. The van der Waals surface area contributed by atoms with Gasteiger partial charge in [0, 0.05) is 36.2 Å². The monoisotopic (exact) mass is 407 g/mol. The normalized spacial score (nSPS) is 10.6. The van der Waals surface area contributed by atoms with Crippen molar-refractivity contribution in [2.24, 2.45) is 0 Å². The first-order chi connectivity index (χ1) is 9.47. The standard InChI is InChI=1S/C12H11FIN3O2S/c1-7-6-20-12(16-7)2-3-15-10-4-8(13)9(14)5-11(10)17(18)19/h4-6,15H,2-3H2,1H3. The van der Waals surface area contributed by atoms with Crippen molar-refractivity contribution in [1.29, 1.82) is 0 Å². The van der Waals surface area contributed by atoms with Crippen LogP contribution in [0.3, 0.4) is 0 Å². The molecule has 20 heavy (non-hydrogen) atoms. The summed E-state index contributed by atoms with van der Waals surface area (Å²) in [7, 11) is 0. The molecule has 1 N–H and O–H groups in total. The van der Waals surface area contributed by atoms with E-state index in [1.165, 1.54) is 6.07 Å². The lowest BCUT2D eigenvalue weighted by Crippen LogP contribution is -2.07. The predicted octanol–water partition coefficient (Wildman–Crippen LogP) is 3.76. The second kappa shape index (κ2) is 6.44. The maximum atomic E-state index is 13.5. The van der Waals surface area contributed by atoms with Crippen LogP contribution in [0.2, 0.25) is 0 Å². The molecule has 0 fully saturated rings. The number of nitrogens with zero attached hydrogens (tertiary/aromatic N) is 2. The Balaban J connectivity index is 2.08. The molecule has 2 rings (SSSR count). The van der Waals surface area contributed by atoms with Crippen molar-refractivity contribution in [2.45, 2.75) is 13.3 Å². The van der Waals surface area contributed by atoms with Gasteiger partial charge in [0.15, 0.2) is 0 Å². The van der Waals surface area contributed by atoms with Gasteiger partial charge in [-0.1, -0.05) is 0 Å². The van der Waals surface area contributed by atoms with Gasteiger partial charge < -0.3 is 5.32 Å². The summed E-state index contributed by atoms with van der Waals surface area (Å²) in [5, 5.41) is 16.7. The summed E-state index contributed by atoms with van der Waals surface area (Å²) in [5.41, 5.74) is 1.03. The van der Waals surface area contributed by atoms with Crippen LogP contribution < -0.4 is 5.32 Å². The van der Waals surface area contributed by atoms with Gasteiger partial charge in [0.2, 0.25) is 0 Å². The molecule has 0 unspecified atom stereocenters. The SMILES string of the molecule is Cc1csc(CCNc2cc(F)c(I)cc2[N+](=O)[O-])n1. The highest BCUT2D eigenvalue weighted by Gasteiger charge is 2.17. The number of aromatic nitrogens is 1. The molecule has 0 aliphatic rings. The van der Waals surface area contributed by atoms with Crippen molar-refractivity contribution in [3.63, 3.8) is 0 Å². The van der Waals surface area contributed by atoms with Gasteiger partial charge in [-0.2, -0.15) is 0 Å². The van der Waals surface area contributed by atoms with E-state index in [0.29, 0.717) is 13.0 Å². The minimum absolute atomic E-state index is 0.119. The van der Waals surface area contributed by atoms with Gasteiger partial charge in [-0.3, -0.25) is 10.1 Å². The van der Waals surface area contributed by atoms with Crippen molar-refractivity contribution in [2.75, 3.05) is 11.9 Å². The number of thiazole rings is 1. The van der Waals surface area contributed by atoms with Gasteiger partial charge in [-0.05, 0) is 29.5 Å². The molecule has 1 aromatic carbocycles. The highest BCUT2D eigenvalue weighted by atomic mass is 127. The van der Waals surface area contributed by atoms with Crippen LogP contribution in [-0.4, -0.2) is 16.5 Å². The van der Waals surface area contributed by atoms with Crippen molar-refractivity contribution in [3.8, 4) is 0 Å². The molecule has 0 saturated carbocycles. The Hall–Kier alpha value is -1.29. The van der Waals surface area contributed by atoms with Crippen molar-refractivity contribution < 1.29 is 9.31 Å². The minimum Gasteiger partial charge on any atom is -0.379 e. The fraction of sp³-hybridized carbons (Fsp3) is 0.250. The first-order valence-corrected chi connectivity index (χ1v) is 7.71. The Morgan fingerprint density at radius 2 is 2.30 bits per heavy atom. The first-order valence-electron chi connectivity index (χ1n) is 5.75. The van der Waals surface area contributed by atoms with E-state index in [1.54, 1.807) is 33.9 Å². The number of nitrogens with one attached hydrogen (secondary N) is 1. The average Bonchev–Trinajstić information content (AvgIpc) is 2.79. The van der Waals surface area contributed by atoms with Crippen molar-refractivity contribution in [1.82, 2.24) is 4.98 Å². The third-order valence-electron chi connectivity index (χ3n) is 2.56. The number of nitro benzene ring substituents is 1. The smallest absolute Gasteiger partial charge is 0.293 e. The molecular weight excluding hydrogens is 396 g/mol. The summed E-state index contributed by atoms with van der Waals surface area (Å²) in [5.74, 6) is -0.469. The number of hydrogen-bond acceptors (Lipinski definition) is 5. The summed E-state index contributed by atoms with van der Waals surface area (Å²) >= 11 is 3.27. The third kappa shape index (κ3) is 3.63. The van der Waals surface area contributed by atoms with Crippen LogP contribution in [-0.2, 0) is 6.42 Å². The zero-order chi connectivity index (χ0) is 14.7. The molecule has 0 saturated heterocycles. The second-order valence-corrected chi connectivity index (χ2v) is 6.20. The first kappa shape index (κ1) is 15.1. The van der Waals surface area contributed by atoms with Gasteiger partial charge in [0.1, 0.15) is 11.5 Å². The minimum atomic E-state index is -0.516. The molecule has 1 aromatic heterocycles. The van der Waals surface area contributed by atoms with E-state index >= 15 is 0 Å². The lowest BCUT2D eigenvalue weighted by atomic mass is 10.2. The number of aryl methyl sites for hydroxylation is 1. The van der Waals surface area contributed by atoms with E-state index in [-0.39, 0.29) is 14.9 Å². The third-order valence-corrected chi connectivity index (χ3v) is 4.41. The molecule has 2 aromatic rings. The highest BCUT2D eigenvalue weighted by molar-refractivity contribution is 14.1. The summed E-state index contributed by atoms with van der Waals surface area (Å²) < 4.78 is 13.7. The maximum absolute atomic E-state index is 13.5. The number of nitro groups is 1. The molecule has 1 heterocycles. The number of anilines is 1. The molecule has 0 amide bonds. The molecule has 0 atom stereocenters. The lowest BCUT2D eigenvalue weighted by Gasteiger charge is -2.07. The Bertz CT molecular complexity index is 648. The highest BCUT2D eigenvalue weighted by Crippen LogP contribution is 2.28. The van der Waals surface area contributed by atoms with E-state index in [9.17, 15) is 14.5 Å². The fourth-order valence-corrected chi connectivity index (χ4v) is 2.88. The van der Waals surface area contributed by atoms with Crippen LogP contribution in [0.15, 0.2) is 17.5 Å². The van der Waals surface area contributed by atoms with Crippen molar-refractivity contribution >= 4 is 45.3 Å². The predicted molar refractivity (Wildman–Crippen MR) is 84.8 cm³/mol. The van der Waals surface area contributed by atoms with E-state index in [1.807, 2.05) is 12.3 Å². The Morgan fingerprint density at radius 3 is 2.90 bits per heavy atom. The fourth-order valence-electron chi connectivity index (χ4n) is 1.65. The van der Waals surface area contributed by atoms with Gasteiger partial charge in [0.05, 0.1) is 13.5 Å². The number of halogens is 2. The molecule has 0 aliphatic carbocycles. The van der Waals surface area contributed by atoms with Crippen molar-refractivity contribution in [3.05, 3.63) is 47.7 Å². The second-order valence-electron chi connectivity index (χ2n) is 4.10. The van der Waals surface area contributed by atoms with Crippen LogP contribution >= 0.6 is 33.9 Å². The molecule has 8 heteroatoms. The molecule has 0 aliphatic heterocycles.